The molecule has 0 radical (unpaired) electrons. The van der Waals surface area contributed by atoms with Gasteiger partial charge in [0.15, 0.2) is 11.5 Å². The van der Waals surface area contributed by atoms with Gasteiger partial charge in [-0.15, -0.1) is 0 Å². The molecule has 7 heteroatoms. The van der Waals surface area contributed by atoms with Crippen LogP contribution in [0.4, 0.5) is 0 Å². The smallest absolute Gasteiger partial charge is 0.225 e. The molecule has 3 aliphatic rings. The molecule has 1 atom stereocenters. The summed E-state index contributed by atoms with van der Waals surface area (Å²) in [5.41, 5.74) is 1.10. The van der Waals surface area contributed by atoms with Crippen molar-refractivity contribution < 1.29 is 23.5 Å². The van der Waals surface area contributed by atoms with E-state index < -0.39 is 0 Å². The maximum atomic E-state index is 12.9. The number of hydrogen-bond acceptors (Lipinski definition) is 5. The van der Waals surface area contributed by atoms with E-state index in [0.717, 1.165) is 42.9 Å². The van der Waals surface area contributed by atoms with Gasteiger partial charge in [-0.2, -0.15) is 0 Å². The number of nitrogens with one attached hydrogen (secondary N) is 1. The lowest BCUT2D eigenvalue weighted by atomic mass is 9.78. The minimum atomic E-state index is -0.318. The Morgan fingerprint density at radius 2 is 1.94 bits per heavy atom. The van der Waals surface area contributed by atoms with Crippen molar-refractivity contribution in [2.75, 3.05) is 26.3 Å². The van der Waals surface area contributed by atoms with Crippen LogP contribution in [0, 0.1) is 5.92 Å². The Morgan fingerprint density at radius 3 is 2.71 bits per heavy atom. The largest absolute Gasteiger partial charge is 0.486 e. The van der Waals surface area contributed by atoms with Gasteiger partial charge in [-0.3, -0.25) is 9.59 Å². The second-order valence-electron chi connectivity index (χ2n) is 8.82. The van der Waals surface area contributed by atoms with Gasteiger partial charge in [0.2, 0.25) is 11.8 Å². The Balaban J connectivity index is 1.24. The summed E-state index contributed by atoms with van der Waals surface area (Å²) in [5.74, 6) is 1.95. The van der Waals surface area contributed by atoms with Crippen LogP contribution in [-0.4, -0.2) is 43.0 Å². The summed E-state index contributed by atoms with van der Waals surface area (Å²) in [6.07, 6.45) is 6.19. The van der Waals surface area contributed by atoms with Crippen molar-refractivity contribution in [1.29, 1.82) is 0 Å². The first-order valence-corrected chi connectivity index (χ1v) is 11.1. The van der Waals surface area contributed by atoms with Gasteiger partial charge in [-0.25, -0.2) is 0 Å². The Morgan fingerprint density at radius 1 is 1.13 bits per heavy atom. The molecule has 0 spiro atoms. The number of benzene rings is 1. The summed E-state index contributed by atoms with van der Waals surface area (Å²) < 4.78 is 16.8. The molecule has 2 fully saturated rings. The highest BCUT2D eigenvalue weighted by atomic mass is 16.6. The topological polar surface area (TPSA) is 81.0 Å². The normalized spacial score (nSPS) is 22.0. The van der Waals surface area contributed by atoms with Crippen molar-refractivity contribution >= 4 is 11.8 Å². The van der Waals surface area contributed by atoms with Crippen molar-refractivity contribution in [3.05, 3.63) is 47.9 Å². The van der Waals surface area contributed by atoms with E-state index in [1.165, 1.54) is 5.56 Å². The van der Waals surface area contributed by atoms with Gasteiger partial charge in [0.05, 0.1) is 18.7 Å². The molecule has 164 valence electrons. The number of likely N-dealkylation sites (tertiary alicyclic amines) is 1. The Bertz CT molecular complexity index is 949. The van der Waals surface area contributed by atoms with Crippen LogP contribution in [-0.2, 0) is 21.5 Å². The Labute approximate surface area is 181 Å². The summed E-state index contributed by atoms with van der Waals surface area (Å²) in [4.78, 5) is 27.0. The molecule has 1 N–H and O–H groups in total. The van der Waals surface area contributed by atoms with Gasteiger partial charge in [-0.1, -0.05) is 18.9 Å². The molecule has 2 amide bonds. The number of furan rings is 1. The summed E-state index contributed by atoms with van der Waals surface area (Å²) in [6, 6.07) is 9.82. The molecule has 2 aromatic rings. The fourth-order valence-corrected chi connectivity index (χ4v) is 5.08. The van der Waals surface area contributed by atoms with E-state index >= 15 is 0 Å². The molecule has 1 aromatic carbocycles. The Kier molecular flexibility index (Phi) is 5.34. The summed E-state index contributed by atoms with van der Waals surface area (Å²) >= 11 is 0. The van der Waals surface area contributed by atoms with E-state index in [2.05, 4.69) is 17.4 Å². The van der Waals surface area contributed by atoms with Crippen molar-refractivity contribution in [3.8, 4) is 11.5 Å². The third kappa shape index (κ3) is 4.01. The highest BCUT2D eigenvalue weighted by Gasteiger charge is 2.39. The number of nitrogens with zero attached hydrogens (tertiary/aromatic N) is 1. The van der Waals surface area contributed by atoms with Gasteiger partial charge >= 0.3 is 0 Å². The SMILES string of the molecule is O=C(NCC1(c2ccc3c(c2)OCCO3)CCCC1)C1CC(=O)N(Cc2ccco2)C1. The van der Waals surface area contributed by atoms with Gasteiger partial charge in [-0.05, 0) is 42.7 Å². The van der Waals surface area contributed by atoms with Gasteiger partial charge in [0, 0.05) is 24.9 Å². The van der Waals surface area contributed by atoms with Crippen LogP contribution >= 0.6 is 0 Å². The molecule has 1 aliphatic carbocycles. The monoisotopic (exact) mass is 424 g/mol. The molecular weight excluding hydrogens is 396 g/mol. The van der Waals surface area contributed by atoms with E-state index in [0.29, 0.717) is 32.8 Å². The summed E-state index contributed by atoms with van der Waals surface area (Å²) in [7, 11) is 0. The standard InChI is InChI=1S/C24H28N2O5/c27-22-12-17(14-26(22)15-19-4-3-9-29-19)23(28)25-16-24(7-1-2-8-24)18-5-6-20-21(13-18)31-11-10-30-20/h3-6,9,13,17H,1-2,7-8,10-12,14-16H2,(H,25,28). The van der Waals surface area contributed by atoms with Crippen LogP contribution < -0.4 is 14.8 Å². The maximum absolute atomic E-state index is 12.9. The molecule has 1 unspecified atom stereocenters. The fraction of sp³-hybridized carbons (Fsp3) is 0.500. The molecule has 1 saturated carbocycles. The number of carbonyl (C=O) groups excluding carboxylic acids is 2. The number of carbonyl (C=O) groups is 2. The predicted octanol–water partition coefficient (Wildman–Crippen LogP) is 3.03. The lowest BCUT2D eigenvalue weighted by Crippen LogP contribution is -2.42. The van der Waals surface area contributed by atoms with Crippen LogP contribution in [0.1, 0.15) is 43.4 Å². The number of rotatable bonds is 6. The number of fused-ring (bicyclic) bond motifs is 1. The number of hydrogen-bond donors (Lipinski definition) is 1. The van der Waals surface area contributed by atoms with Crippen LogP contribution in [0.2, 0.25) is 0 Å². The van der Waals surface area contributed by atoms with Crippen molar-refractivity contribution in [1.82, 2.24) is 10.2 Å². The number of amides is 2. The first-order chi connectivity index (χ1) is 15.1. The molecular formula is C24H28N2O5. The van der Waals surface area contributed by atoms with Crippen molar-refractivity contribution in [3.63, 3.8) is 0 Å². The zero-order chi connectivity index (χ0) is 21.3. The second-order valence-corrected chi connectivity index (χ2v) is 8.82. The van der Waals surface area contributed by atoms with Crippen LogP contribution in [0.5, 0.6) is 11.5 Å². The molecule has 7 nitrogen and oxygen atoms in total. The number of ether oxygens (including phenoxy) is 2. The third-order valence-electron chi connectivity index (χ3n) is 6.83. The van der Waals surface area contributed by atoms with E-state index in [1.54, 1.807) is 17.2 Å². The summed E-state index contributed by atoms with van der Waals surface area (Å²) in [6.45, 7) is 2.56. The summed E-state index contributed by atoms with van der Waals surface area (Å²) in [5, 5.41) is 3.17. The minimum Gasteiger partial charge on any atom is -0.486 e. The van der Waals surface area contributed by atoms with Gasteiger partial charge < -0.3 is 24.1 Å². The molecule has 31 heavy (non-hydrogen) atoms. The van der Waals surface area contributed by atoms with E-state index in [-0.39, 0.29) is 29.6 Å². The van der Waals surface area contributed by atoms with Crippen LogP contribution in [0.3, 0.4) is 0 Å². The molecule has 0 bridgehead atoms. The van der Waals surface area contributed by atoms with Crippen molar-refractivity contribution in [2.24, 2.45) is 5.92 Å². The molecule has 1 saturated heterocycles. The van der Waals surface area contributed by atoms with E-state index in [1.807, 2.05) is 12.1 Å². The lowest BCUT2D eigenvalue weighted by molar-refractivity contribution is -0.129. The van der Waals surface area contributed by atoms with Crippen LogP contribution in [0.15, 0.2) is 41.0 Å². The minimum absolute atomic E-state index is 0.000958. The molecule has 5 rings (SSSR count). The van der Waals surface area contributed by atoms with Crippen molar-refractivity contribution in [2.45, 2.75) is 44.1 Å². The maximum Gasteiger partial charge on any atom is 0.225 e. The molecule has 1 aromatic heterocycles. The predicted molar refractivity (Wildman–Crippen MR) is 113 cm³/mol. The Hall–Kier alpha value is -2.96. The zero-order valence-corrected chi connectivity index (χ0v) is 17.6. The van der Waals surface area contributed by atoms with Gasteiger partial charge in [0.25, 0.3) is 0 Å². The quantitative estimate of drug-likeness (QED) is 0.771. The van der Waals surface area contributed by atoms with Gasteiger partial charge in [0.1, 0.15) is 19.0 Å². The second kappa shape index (κ2) is 8.29. The highest BCUT2D eigenvalue weighted by molar-refractivity contribution is 5.89. The average Bonchev–Trinajstić information content (AvgIpc) is 3.55. The highest BCUT2D eigenvalue weighted by Crippen LogP contribution is 2.44. The average molecular weight is 424 g/mol. The van der Waals surface area contributed by atoms with E-state index in [9.17, 15) is 9.59 Å². The first-order valence-electron chi connectivity index (χ1n) is 11.1. The fourth-order valence-electron chi connectivity index (χ4n) is 5.08. The molecule has 2 aliphatic heterocycles. The lowest BCUT2D eigenvalue weighted by Gasteiger charge is -2.31. The molecule has 3 heterocycles. The van der Waals surface area contributed by atoms with E-state index in [4.69, 9.17) is 13.9 Å². The third-order valence-corrected chi connectivity index (χ3v) is 6.83. The zero-order valence-electron chi connectivity index (χ0n) is 17.6. The first kappa shape index (κ1) is 20.0. The van der Waals surface area contributed by atoms with Crippen LogP contribution in [0.25, 0.3) is 0 Å².